The monoisotopic (exact) mass is 205 g/mol. The molecule has 4 nitrogen and oxygen atoms in total. The van der Waals surface area contributed by atoms with Crippen LogP contribution in [0.5, 0.6) is 0 Å². The van der Waals surface area contributed by atoms with Gasteiger partial charge in [-0.3, -0.25) is 10.2 Å². The van der Waals surface area contributed by atoms with Gasteiger partial charge in [-0.05, 0) is 30.2 Å². The molecule has 0 fully saturated rings. The number of hydrogen-bond donors (Lipinski definition) is 2. The maximum Gasteiger partial charge on any atom is 0.265 e. The van der Waals surface area contributed by atoms with Crippen LogP contribution in [-0.2, 0) is 6.42 Å². The molecule has 2 rings (SSSR count). The van der Waals surface area contributed by atoms with Gasteiger partial charge in [0.25, 0.3) is 5.91 Å². The zero-order chi connectivity index (χ0) is 10.8. The number of nitrogens with zero attached hydrogens (tertiary/aromatic N) is 1. The first-order chi connectivity index (χ1) is 7.16. The molecule has 0 unspecified atom stereocenters. The van der Waals surface area contributed by atoms with Gasteiger partial charge in [-0.2, -0.15) is 0 Å². The highest BCUT2D eigenvalue weighted by atomic mass is 16.2. The Hall–Kier alpha value is -1.55. The Morgan fingerprint density at radius 1 is 1.47 bits per heavy atom. The Bertz CT molecular complexity index is 387. The molecule has 0 bridgehead atoms. The van der Waals surface area contributed by atoms with Gasteiger partial charge < -0.3 is 5.32 Å². The summed E-state index contributed by atoms with van der Waals surface area (Å²) in [6, 6.07) is 5.76. The topological polar surface area (TPSA) is 44.4 Å². The number of anilines is 1. The summed E-state index contributed by atoms with van der Waals surface area (Å²) in [5.41, 5.74) is 5.81. The van der Waals surface area contributed by atoms with E-state index in [1.54, 1.807) is 19.1 Å². The lowest BCUT2D eigenvalue weighted by atomic mass is 10.1. The maximum absolute atomic E-state index is 11.7. The van der Waals surface area contributed by atoms with E-state index in [4.69, 9.17) is 0 Å². The molecule has 0 aromatic heterocycles. The summed E-state index contributed by atoms with van der Waals surface area (Å²) in [7, 11) is 3.60. The predicted molar refractivity (Wildman–Crippen MR) is 59.8 cm³/mol. The molecule has 1 aliphatic heterocycles. The second kappa shape index (κ2) is 3.90. The van der Waals surface area contributed by atoms with Crippen molar-refractivity contribution >= 4 is 11.6 Å². The highest BCUT2D eigenvalue weighted by Gasteiger charge is 2.13. The van der Waals surface area contributed by atoms with Crippen LogP contribution in [0.1, 0.15) is 15.9 Å². The molecular weight excluding hydrogens is 190 g/mol. The van der Waals surface area contributed by atoms with Crippen LogP contribution in [0.25, 0.3) is 0 Å². The molecule has 1 aliphatic rings. The summed E-state index contributed by atoms with van der Waals surface area (Å²) in [5, 5.41) is 4.91. The summed E-state index contributed by atoms with van der Waals surface area (Å²) in [5.74, 6) is -0.0605. The zero-order valence-corrected chi connectivity index (χ0v) is 9.00. The standard InChI is InChI=1S/C11H15N3O/c1-14(2)13-11(15)9-3-4-10-8(7-9)5-6-12-10/h3-4,7,12H,5-6H2,1-2H3,(H,13,15). The van der Waals surface area contributed by atoms with Crippen molar-refractivity contribution in [3.63, 3.8) is 0 Å². The minimum Gasteiger partial charge on any atom is -0.384 e. The van der Waals surface area contributed by atoms with Crippen LogP contribution in [0, 0.1) is 0 Å². The van der Waals surface area contributed by atoms with Crippen molar-refractivity contribution in [3.8, 4) is 0 Å². The third-order valence-corrected chi connectivity index (χ3v) is 2.40. The maximum atomic E-state index is 11.7. The fourth-order valence-electron chi connectivity index (χ4n) is 1.71. The smallest absolute Gasteiger partial charge is 0.265 e. The number of rotatable bonds is 2. The minimum atomic E-state index is -0.0605. The van der Waals surface area contributed by atoms with Crippen LogP contribution in [0.2, 0.25) is 0 Å². The number of benzene rings is 1. The van der Waals surface area contributed by atoms with Crippen molar-refractivity contribution in [2.75, 3.05) is 26.0 Å². The first-order valence-electron chi connectivity index (χ1n) is 5.02. The Labute approximate surface area is 89.2 Å². The Morgan fingerprint density at radius 2 is 2.27 bits per heavy atom. The fraction of sp³-hybridized carbons (Fsp3) is 0.364. The zero-order valence-electron chi connectivity index (χ0n) is 9.00. The SMILES string of the molecule is CN(C)NC(=O)c1ccc2c(c1)CCN2. The average Bonchev–Trinajstić information content (AvgIpc) is 2.62. The molecule has 0 saturated carbocycles. The van der Waals surface area contributed by atoms with E-state index in [-0.39, 0.29) is 5.91 Å². The van der Waals surface area contributed by atoms with Crippen molar-refractivity contribution in [1.29, 1.82) is 0 Å². The summed E-state index contributed by atoms with van der Waals surface area (Å²) in [6.45, 7) is 0.966. The van der Waals surface area contributed by atoms with Crippen LogP contribution in [0.3, 0.4) is 0 Å². The summed E-state index contributed by atoms with van der Waals surface area (Å²) < 4.78 is 0. The van der Waals surface area contributed by atoms with Crippen LogP contribution >= 0.6 is 0 Å². The second-order valence-corrected chi connectivity index (χ2v) is 3.88. The lowest BCUT2D eigenvalue weighted by Crippen LogP contribution is -2.36. The van der Waals surface area contributed by atoms with Gasteiger partial charge >= 0.3 is 0 Å². The van der Waals surface area contributed by atoms with Crippen molar-refractivity contribution in [2.45, 2.75) is 6.42 Å². The number of amides is 1. The van der Waals surface area contributed by atoms with Crippen molar-refractivity contribution in [3.05, 3.63) is 29.3 Å². The lowest BCUT2D eigenvalue weighted by Gasteiger charge is -2.12. The van der Waals surface area contributed by atoms with Crippen LogP contribution in [0.4, 0.5) is 5.69 Å². The summed E-state index contributed by atoms with van der Waals surface area (Å²) in [4.78, 5) is 11.7. The molecule has 2 N–H and O–H groups in total. The normalized spacial score (nSPS) is 13.5. The summed E-state index contributed by atoms with van der Waals surface area (Å²) in [6.07, 6.45) is 0.998. The highest BCUT2D eigenvalue weighted by Crippen LogP contribution is 2.22. The highest BCUT2D eigenvalue weighted by molar-refractivity contribution is 5.94. The number of hydrazine groups is 1. The van der Waals surface area contributed by atoms with Crippen molar-refractivity contribution in [1.82, 2.24) is 10.4 Å². The number of hydrogen-bond acceptors (Lipinski definition) is 3. The van der Waals surface area contributed by atoms with Gasteiger partial charge in [-0.15, -0.1) is 0 Å². The van der Waals surface area contributed by atoms with E-state index in [1.807, 2.05) is 18.2 Å². The molecule has 1 amide bonds. The minimum absolute atomic E-state index is 0.0605. The van der Waals surface area contributed by atoms with Gasteiger partial charge in [0, 0.05) is 31.9 Å². The molecule has 0 aliphatic carbocycles. The van der Waals surface area contributed by atoms with Gasteiger partial charge in [-0.1, -0.05) is 0 Å². The largest absolute Gasteiger partial charge is 0.384 e. The van der Waals surface area contributed by atoms with Gasteiger partial charge in [0.1, 0.15) is 0 Å². The molecular formula is C11H15N3O. The second-order valence-electron chi connectivity index (χ2n) is 3.88. The van der Waals surface area contributed by atoms with E-state index in [0.717, 1.165) is 18.7 Å². The Balaban J connectivity index is 2.19. The molecule has 80 valence electrons. The van der Waals surface area contributed by atoms with Crippen LogP contribution in [-0.4, -0.2) is 31.6 Å². The molecule has 0 saturated heterocycles. The molecule has 0 spiro atoms. The van der Waals surface area contributed by atoms with Gasteiger partial charge in [-0.25, -0.2) is 5.01 Å². The number of nitrogens with one attached hydrogen (secondary N) is 2. The van der Waals surface area contributed by atoms with E-state index >= 15 is 0 Å². The number of carbonyl (C=O) groups is 1. The van der Waals surface area contributed by atoms with E-state index in [2.05, 4.69) is 10.7 Å². The quantitative estimate of drug-likeness (QED) is 0.704. The van der Waals surface area contributed by atoms with Gasteiger partial charge in [0.2, 0.25) is 0 Å². The van der Waals surface area contributed by atoms with Crippen LogP contribution in [0.15, 0.2) is 18.2 Å². The molecule has 15 heavy (non-hydrogen) atoms. The molecule has 0 atom stereocenters. The third-order valence-electron chi connectivity index (χ3n) is 2.40. The van der Waals surface area contributed by atoms with E-state index in [0.29, 0.717) is 5.56 Å². The number of carbonyl (C=O) groups excluding carboxylic acids is 1. The molecule has 0 radical (unpaired) electrons. The molecule has 1 heterocycles. The van der Waals surface area contributed by atoms with E-state index in [9.17, 15) is 4.79 Å². The van der Waals surface area contributed by atoms with E-state index < -0.39 is 0 Å². The predicted octanol–water partition coefficient (Wildman–Crippen LogP) is 0.861. The van der Waals surface area contributed by atoms with Crippen LogP contribution < -0.4 is 10.7 Å². The summed E-state index contributed by atoms with van der Waals surface area (Å²) >= 11 is 0. The lowest BCUT2D eigenvalue weighted by molar-refractivity contribution is 0.0857. The average molecular weight is 205 g/mol. The Kier molecular flexibility index (Phi) is 2.60. The fourth-order valence-corrected chi connectivity index (χ4v) is 1.71. The van der Waals surface area contributed by atoms with E-state index in [1.165, 1.54) is 5.56 Å². The third kappa shape index (κ3) is 2.10. The first kappa shape index (κ1) is 9.98. The Morgan fingerprint density at radius 3 is 3.00 bits per heavy atom. The van der Waals surface area contributed by atoms with Crippen molar-refractivity contribution in [2.24, 2.45) is 0 Å². The van der Waals surface area contributed by atoms with Crippen molar-refractivity contribution < 1.29 is 4.79 Å². The number of fused-ring (bicyclic) bond motifs is 1. The molecule has 1 aromatic rings. The molecule has 1 aromatic carbocycles. The first-order valence-corrected chi connectivity index (χ1v) is 5.02. The van der Waals surface area contributed by atoms with Gasteiger partial charge in [0.05, 0.1) is 0 Å². The molecule has 4 heteroatoms. The van der Waals surface area contributed by atoms with Gasteiger partial charge in [0.15, 0.2) is 0 Å².